The van der Waals surface area contributed by atoms with Gasteiger partial charge in [0.15, 0.2) is 6.61 Å². The van der Waals surface area contributed by atoms with Gasteiger partial charge in [0.05, 0.1) is 10.5 Å². The van der Waals surface area contributed by atoms with Crippen LogP contribution in [0.1, 0.15) is 15.9 Å². The van der Waals surface area contributed by atoms with Crippen molar-refractivity contribution in [3.63, 3.8) is 0 Å². The number of anilines is 2. The van der Waals surface area contributed by atoms with Gasteiger partial charge in [-0.25, -0.2) is 13.2 Å². The van der Waals surface area contributed by atoms with Crippen molar-refractivity contribution >= 4 is 49.2 Å². The number of carbonyl (C=O) groups is 2. The summed E-state index contributed by atoms with van der Waals surface area (Å²) in [6.45, 7) is 0.104. The number of esters is 1. The second-order valence-electron chi connectivity index (χ2n) is 7.14. The maximum Gasteiger partial charge on any atom is 0.338 e. The molecule has 0 radical (unpaired) electrons. The van der Waals surface area contributed by atoms with E-state index in [1.54, 1.807) is 29.2 Å². The molecule has 0 fully saturated rings. The number of ether oxygens (including phenoxy) is 1. The maximum absolute atomic E-state index is 12.7. The van der Waals surface area contributed by atoms with Gasteiger partial charge in [-0.1, -0.05) is 40.2 Å². The van der Waals surface area contributed by atoms with E-state index in [1.807, 2.05) is 24.3 Å². The summed E-state index contributed by atoms with van der Waals surface area (Å²) in [5, 5.41) is 0. The highest BCUT2D eigenvalue weighted by Gasteiger charge is 2.25. The average molecular weight is 515 g/mol. The number of nitrogens with zero attached hydrogens (tertiary/aromatic N) is 1. The number of hydrogen-bond donors (Lipinski definition) is 1. The SMILES string of the molecule is O=C(OCC(=O)N1CCc2ccccc21)c1cccc(S(=O)(=O)Nc2ccc(Br)cc2)c1. The lowest BCUT2D eigenvalue weighted by Crippen LogP contribution is -2.33. The fourth-order valence-electron chi connectivity index (χ4n) is 3.41. The molecule has 0 aliphatic carbocycles. The summed E-state index contributed by atoms with van der Waals surface area (Å²) >= 11 is 3.29. The molecule has 7 nitrogen and oxygen atoms in total. The van der Waals surface area contributed by atoms with Crippen molar-refractivity contribution in [3.05, 3.63) is 88.4 Å². The van der Waals surface area contributed by atoms with Gasteiger partial charge in [-0.15, -0.1) is 0 Å². The van der Waals surface area contributed by atoms with E-state index in [4.69, 9.17) is 4.74 Å². The minimum atomic E-state index is -3.91. The average Bonchev–Trinajstić information content (AvgIpc) is 3.23. The van der Waals surface area contributed by atoms with Crippen molar-refractivity contribution < 1.29 is 22.7 Å². The van der Waals surface area contributed by atoms with Gasteiger partial charge in [0.2, 0.25) is 0 Å². The van der Waals surface area contributed by atoms with Gasteiger partial charge in [-0.2, -0.15) is 0 Å². The topological polar surface area (TPSA) is 92.8 Å². The van der Waals surface area contributed by atoms with Crippen LogP contribution in [0.15, 0.2) is 82.2 Å². The van der Waals surface area contributed by atoms with Crippen molar-refractivity contribution in [3.8, 4) is 0 Å². The van der Waals surface area contributed by atoms with E-state index in [-0.39, 0.29) is 16.4 Å². The van der Waals surface area contributed by atoms with Crippen LogP contribution in [0.5, 0.6) is 0 Å². The highest BCUT2D eigenvalue weighted by atomic mass is 79.9. The second-order valence-corrected chi connectivity index (χ2v) is 9.74. The summed E-state index contributed by atoms with van der Waals surface area (Å²) in [7, 11) is -3.91. The Morgan fingerprint density at radius 1 is 1.00 bits per heavy atom. The van der Waals surface area contributed by atoms with E-state index in [9.17, 15) is 18.0 Å². The van der Waals surface area contributed by atoms with Crippen LogP contribution in [0.4, 0.5) is 11.4 Å². The quantitative estimate of drug-likeness (QED) is 0.502. The van der Waals surface area contributed by atoms with Crippen LogP contribution >= 0.6 is 15.9 Å². The van der Waals surface area contributed by atoms with E-state index in [1.165, 1.54) is 24.3 Å². The van der Waals surface area contributed by atoms with E-state index in [0.717, 1.165) is 22.1 Å². The summed E-state index contributed by atoms with van der Waals surface area (Å²) in [6.07, 6.45) is 0.751. The molecule has 1 aliphatic rings. The first-order chi connectivity index (χ1) is 15.3. The van der Waals surface area contributed by atoms with Crippen LogP contribution in [0.2, 0.25) is 0 Å². The van der Waals surface area contributed by atoms with Gasteiger partial charge in [-0.3, -0.25) is 9.52 Å². The Hall–Kier alpha value is -3.17. The van der Waals surface area contributed by atoms with Crippen molar-refractivity contribution in [2.75, 3.05) is 22.8 Å². The zero-order valence-electron chi connectivity index (χ0n) is 16.8. The normalized spacial score (nSPS) is 12.8. The molecule has 32 heavy (non-hydrogen) atoms. The predicted octanol–water partition coefficient (Wildman–Crippen LogP) is 4.00. The zero-order chi connectivity index (χ0) is 22.7. The lowest BCUT2D eigenvalue weighted by molar-refractivity contribution is -0.121. The molecule has 0 saturated heterocycles. The summed E-state index contributed by atoms with van der Waals surface area (Å²) < 4.78 is 33.8. The van der Waals surface area contributed by atoms with E-state index in [2.05, 4.69) is 20.7 Å². The number of benzene rings is 3. The molecule has 164 valence electrons. The lowest BCUT2D eigenvalue weighted by atomic mass is 10.2. The van der Waals surface area contributed by atoms with Crippen LogP contribution in [0.25, 0.3) is 0 Å². The molecule has 0 atom stereocenters. The van der Waals surface area contributed by atoms with E-state index < -0.39 is 22.6 Å². The number of sulfonamides is 1. The molecule has 1 heterocycles. The molecule has 1 N–H and O–H groups in total. The Labute approximate surface area is 194 Å². The summed E-state index contributed by atoms with van der Waals surface area (Å²) in [5.41, 5.74) is 2.32. The molecule has 9 heteroatoms. The van der Waals surface area contributed by atoms with Crippen LogP contribution in [0, 0.1) is 0 Å². The molecule has 0 saturated carbocycles. The number of rotatable bonds is 6. The van der Waals surface area contributed by atoms with Crippen molar-refractivity contribution in [1.29, 1.82) is 0 Å². The van der Waals surface area contributed by atoms with Crippen LogP contribution in [-0.4, -0.2) is 33.4 Å². The molecule has 3 aromatic carbocycles. The van der Waals surface area contributed by atoms with E-state index >= 15 is 0 Å². The fraction of sp³-hybridized carbons (Fsp3) is 0.130. The number of halogens is 1. The van der Waals surface area contributed by atoms with Crippen molar-refractivity contribution in [1.82, 2.24) is 0 Å². The van der Waals surface area contributed by atoms with Crippen LogP contribution in [-0.2, 0) is 26.0 Å². The summed E-state index contributed by atoms with van der Waals surface area (Å²) in [6, 6.07) is 19.7. The third-order valence-electron chi connectivity index (χ3n) is 4.99. The number of fused-ring (bicyclic) bond motifs is 1. The molecule has 0 unspecified atom stereocenters. The monoisotopic (exact) mass is 514 g/mol. The number of carbonyl (C=O) groups excluding carboxylic acids is 2. The zero-order valence-corrected chi connectivity index (χ0v) is 19.2. The van der Waals surface area contributed by atoms with Gasteiger partial charge >= 0.3 is 5.97 Å². The van der Waals surface area contributed by atoms with Gasteiger partial charge in [0, 0.05) is 22.4 Å². The van der Waals surface area contributed by atoms with Crippen molar-refractivity contribution in [2.24, 2.45) is 0 Å². The van der Waals surface area contributed by atoms with Crippen molar-refractivity contribution in [2.45, 2.75) is 11.3 Å². The third kappa shape index (κ3) is 4.84. The standard InChI is InChI=1S/C23H19BrN2O5S/c24-18-8-10-19(11-9-18)25-32(29,30)20-6-3-5-17(14-20)23(28)31-15-22(27)26-13-12-16-4-1-2-7-21(16)26/h1-11,14,25H,12-13,15H2. The predicted molar refractivity (Wildman–Crippen MR) is 124 cm³/mol. The Morgan fingerprint density at radius 3 is 2.53 bits per heavy atom. The van der Waals surface area contributed by atoms with Gasteiger partial charge in [0.1, 0.15) is 0 Å². The Morgan fingerprint density at radius 2 is 1.75 bits per heavy atom. The molecule has 0 aromatic heterocycles. The smallest absolute Gasteiger partial charge is 0.338 e. The molecule has 0 bridgehead atoms. The first-order valence-corrected chi connectivity index (χ1v) is 12.0. The number of amides is 1. The van der Waals surface area contributed by atoms with E-state index in [0.29, 0.717) is 12.2 Å². The molecule has 1 amide bonds. The second kappa shape index (κ2) is 9.13. The number of hydrogen-bond acceptors (Lipinski definition) is 5. The fourth-order valence-corrected chi connectivity index (χ4v) is 4.78. The largest absolute Gasteiger partial charge is 0.452 e. The third-order valence-corrected chi connectivity index (χ3v) is 6.90. The van der Waals surface area contributed by atoms with Gasteiger partial charge in [0.25, 0.3) is 15.9 Å². The Kier molecular flexibility index (Phi) is 6.29. The number of nitrogens with one attached hydrogen (secondary N) is 1. The molecule has 1 aliphatic heterocycles. The van der Waals surface area contributed by atoms with Crippen LogP contribution < -0.4 is 9.62 Å². The van der Waals surface area contributed by atoms with Gasteiger partial charge in [-0.05, 0) is 60.5 Å². The maximum atomic E-state index is 12.7. The Bertz CT molecular complexity index is 1280. The minimum Gasteiger partial charge on any atom is -0.452 e. The molecular weight excluding hydrogens is 496 g/mol. The first-order valence-electron chi connectivity index (χ1n) is 9.77. The highest BCUT2D eigenvalue weighted by molar-refractivity contribution is 9.10. The molecule has 3 aromatic rings. The lowest BCUT2D eigenvalue weighted by Gasteiger charge is -2.17. The summed E-state index contributed by atoms with van der Waals surface area (Å²) in [5.74, 6) is -1.10. The molecule has 0 spiro atoms. The molecular formula is C23H19BrN2O5S. The van der Waals surface area contributed by atoms with Gasteiger partial charge < -0.3 is 9.64 Å². The molecule has 4 rings (SSSR count). The first kappa shape index (κ1) is 22.0. The summed E-state index contributed by atoms with van der Waals surface area (Å²) in [4.78, 5) is 26.5. The number of para-hydroxylation sites is 1. The van der Waals surface area contributed by atoms with Crippen LogP contribution in [0.3, 0.4) is 0 Å². The highest BCUT2D eigenvalue weighted by Crippen LogP contribution is 2.27. The minimum absolute atomic E-state index is 0.0401. The Balaban J connectivity index is 1.42.